The van der Waals surface area contributed by atoms with Gasteiger partial charge in [-0.3, -0.25) is 0 Å². The molecule has 6 fully saturated rings. The summed E-state index contributed by atoms with van der Waals surface area (Å²) in [6.45, 7) is 11.9. The summed E-state index contributed by atoms with van der Waals surface area (Å²) < 4.78 is 17.1. The van der Waals surface area contributed by atoms with E-state index in [1.54, 1.807) is 20.9 Å². The fourth-order valence-corrected chi connectivity index (χ4v) is 9.93. The molecule has 3 N–H and O–H groups in total. The van der Waals surface area contributed by atoms with Gasteiger partial charge in [0.25, 0.3) is 0 Å². The largest absolute Gasteiger partial charge is 0.445 e. The van der Waals surface area contributed by atoms with Gasteiger partial charge in [0.1, 0.15) is 52.5 Å². The van der Waals surface area contributed by atoms with Gasteiger partial charge in [0.2, 0.25) is 0 Å². The monoisotopic (exact) mass is 1270 g/mol. The number of carbonyl (C=O) groups is 3. The molecule has 81 heavy (non-hydrogen) atoms. The smallest absolute Gasteiger partial charge is 0.410 e. The van der Waals surface area contributed by atoms with Crippen molar-refractivity contribution in [2.75, 3.05) is 70.2 Å². The quantitative estimate of drug-likeness (QED) is 0.0698. The molecule has 442 valence electrons. The van der Waals surface area contributed by atoms with E-state index >= 15 is 0 Å². The van der Waals surface area contributed by atoms with E-state index in [-0.39, 0.29) is 56.3 Å². The second-order valence-electron chi connectivity index (χ2n) is 22.4. The molecule has 0 spiro atoms. The molecule has 3 aliphatic heterocycles. The van der Waals surface area contributed by atoms with Crippen molar-refractivity contribution in [3.8, 4) is 0 Å². The molecule has 3 saturated heterocycles. The Bertz CT molecular complexity index is 2700. The summed E-state index contributed by atoms with van der Waals surface area (Å²) in [6, 6.07) is 26.1. The third-order valence-electron chi connectivity index (χ3n) is 15.0. The Morgan fingerprint density at radius 2 is 0.889 bits per heavy atom. The van der Waals surface area contributed by atoms with Crippen LogP contribution in [0, 0.1) is 0 Å². The molecule has 0 atom stereocenters. The van der Waals surface area contributed by atoms with Crippen LogP contribution in [0.25, 0.3) is 0 Å². The van der Waals surface area contributed by atoms with Crippen LogP contribution >= 0.6 is 15.9 Å². The van der Waals surface area contributed by atoms with Gasteiger partial charge in [0.15, 0.2) is 0 Å². The molecule has 6 aliphatic rings. The Kier molecular flexibility index (Phi) is 25.1. The number of nitrogens with zero attached hydrogens (tertiary/aromatic N) is 11. The maximum atomic E-state index is 12.4. The summed E-state index contributed by atoms with van der Waals surface area (Å²) >= 11 is 3.31. The Hall–Kier alpha value is -5.85. The van der Waals surface area contributed by atoms with E-state index in [0.717, 1.165) is 123 Å². The van der Waals surface area contributed by atoms with Gasteiger partial charge in [-0.25, -0.2) is 44.3 Å². The van der Waals surface area contributed by atoms with Crippen molar-refractivity contribution in [1.82, 2.24) is 49.9 Å². The van der Waals surface area contributed by atoms with E-state index < -0.39 is 5.60 Å². The zero-order chi connectivity index (χ0) is 55.7. The van der Waals surface area contributed by atoms with E-state index in [1.807, 2.05) is 133 Å². The normalized spacial score (nSPS) is 17.3. The van der Waals surface area contributed by atoms with Gasteiger partial charge in [-0.2, -0.15) is 0 Å². The number of piperidine rings is 3. The number of amides is 3. The topological polar surface area (TPSA) is 216 Å². The van der Waals surface area contributed by atoms with Crippen LogP contribution < -0.4 is 15.1 Å². The Morgan fingerprint density at radius 3 is 1.26 bits per heavy atom. The van der Waals surface area contributed by atoms with Crippen molar-refractivity contribution in [2.45, 2.75) is 153 Å². The SMILES string of the molecule is Brc1ccnc(C2CC2)n1.CN(C(=O)OC(C)(C)C)C1CCN(c2ccnc(C3CC3)n2)CC1.CN(C(=O)OCc1ccccc1)C1CCN(c2ccnc(C3CC3)n2)CC1.CN(C(=O)OCc1ccccc1)C1CCNCC1.O.[Pd]. The van der Waals surface area contributed by atoms with Crippen LogP contribution in [0.3, 0.4) is 0 Å². The number of hydrogen-bond donors (Lipinski definition) is 1. The van der Waals surface area contributed by atoms with Crippen molar-refractivity contribution >= 4 is 45.8 Å². The summed E-state index contributed by atoms with van der Waals surface area (Å²) in [5.74, 6) is 6.78. The molecule has 11 rings (SSSR count). The van der Waals surface area contributed by atoms with Gasteiger partial charge in [0, 0.05) is 122 Å². The minimum absolute atomic E-state index is 0. The van der Waals surface area contributed by atoms with Crippen LogP contribution in [0.1, 0.15) is 144 Å². The number of halogens is 1. The molecule has 19 nitrogen and oxygen atoms in total. The number of anilines is 2. The molecule has 5 aromatic rings. The fourth-order valence-electron chi connectivity index (χ4n) is 9.63. The number of benzene rings is 2. The van der Waals surface area contributed by atoms with Crippen molar-refractivity contribution in [2.24, 2.45) is 0 Å². The summed E-state index contributed by atoms with van der Waals surface area (Å²) in [4.78, 5) is 72.9. The second kappa shape index (κ2) is 31.5. The van der Waals surface area contributed by atoms with Crippen LogP contribution in [0.4, 0.5) is 26.0 Å². The number of aromatic nitrogens is 6. The minimum Gasteiger partial charge on any atom is -0.445 e. The van der Waals surface area contributed by atoms with Crippen LogP contribution in [-0.4, -0.2) is 152 Å². The van der Waals surface area contributed by atoms with Crippen LogP contribution in [0.2, 0.25) is 0 Å². The van der Waals surface area contributed by atoms with E-state index in [9.17, 15) is 14.4 Å². The van der Waals surface area contributed by atoms with Gasteiger partial charge in [0.05, 0.1) is 0 Å². The molecule has 3 aromatic heterocycles. The minimum atomic E-state index is -0.452. The number of ether oxygens (including phenoxy) is 3. The van der Waals surface area contributed by atoms with Gasteiger partial charge >= 0.3 is 18.3 Å². The molecular weight excluding hydrogens is 1190 g/mol. The van der Waals surface area contributed by atoms with E-state index in [2.05, 4.69) is 51.0 Å². The van der Waals surface area contributed by atoms with Gasteiger partial charge in [-0.15, -0.1) is 0 Å². The number of nitrogens with one attached hydrogen (secondary N) is 1. The van der Waals surface area contributed by atoms with Gasteiger partial charge in [-0.1, -0.05) is 60.7 Å². The van der Waals surface area contributed by atoms with E-state index in [1.165, 1.54) is 38.5 Å². The zero-order valence-electron chi connectivity index (χ0n) is 47.9. The summed E-state index contributed by atoms with van der Waals surface area (Å²) in [7, 11) is 5.50. The van der Waals surface area contributed by atoms with Crippen molar-refractivity contribution < 1.29 is 54.5 Å². The average molecular weight is 1270 g/mol. The third kappa shape index (κ3) is 20.8. The summed E-state index contributed by atoms with van der Waals surface area (Å²) in [5.41, 5.74) is 1.57. The predicted octanol–water partition coefficient (Wildman–Crippen LogP) is 10.1. The molecule has 3 aliphatic carbocycles. The van der Waals surface area contributed by atoms with E-state index in [0.29, 0.717) is 37.0 Å². The van der Waals surface area contributed by atoms with E-state index in [4.69, 9.17) is 24.2 Å². The number of carbonyl (C=O) groups excluding carboxylic acids is 3. The molecular formula is C60H83BrN12O7Pd. The molecule has 0 unspecified atom stereocenters. The first-order valence-electron chi connectivity index (χ1n) is 28.3. The maximum Gasteiger partial charge on any atom is 0.410 e. The zero-order valence-corrected chi connectivity index (χ0v) is 51.0. The van der Waals surface area contributed by atoms with Crippen LogP contribution in [0.5, 0.6) is 0 Å². The Labute approximate surface area is 500 Å². The maximum absolute atomic E-state index is 12.4. The Morgan fingerprint density at radius 1 is 0.531 bits per heavy atom. The summed E-state index contributed by atoms with van der Waals surface area (Å²) in [5, 5.41) is 3.29. The molecule has 2 aromatic carbocycles. The molecule has 3 saturated carbocycles. The molecule has 21 heteroatoms. The summed E-state index contributed by atoms with van der Waals surface area (Å²) in [6.07, 6.45) is 17.9. The third-order valence-corrected chi connectivity index (χ3v) is 15.4. The van der Waals surface area contributed by atoms with Crippen molar-refractivity contribution in [3.63, 3.8) is 0 Å². The molecule has 6 heterocycles. The van der Waals surface area contributed by atoms with Gasteiger partial charge in [-0.05, 0) is 156 Å². The fraction of sp³-hybridized carbons (Fsp3) is 0.550. The van der Waals surface area contributed by atoms with Crippen LogP contribution in [0.15, 0.2) is 102 Å². The van der Waals surface area contributed by atoms with Crippen LogP contribution in [-0.2, 0) is 47.8 Å². The molecule has 3 amide bonds. The van der Waals surface area contributed by atoms with Crippen molar-refractivity contribution in [1.29, 1.82) is 0 Å². The standard InChI is InChI=1S/C21H26N4O2.C18H28N4O2.C14H20N2O2.C7H7BrN2.H2O.Pd/c1-24(21(26)27-15-16-5-3-2-4-6-16)18-10-13-25(14-11-18)19-9-12-22-20(23-19)17-7-8-17;1-18(2,3)24-17(23)21(4)14-8-11-22(12-9-14)15-7-10-19-16(20-15)13-5-6-13;1-16(13-7-9-15-10-8-13)14(17)18-11-12-5-3-2-4-6-12;8-6-3-4-9-7(10-6)5-1-2-5;;/h2-6,9,12,17-18H,7-8,10-11,13-15H2,1H3;7,10,13-14H,5-6,8-9,11-12H2,1-4H3;2-6,13,15H,7-11H2,1H3;3-5H,1-2H2;1H2;. The first kappa shape index (κ1) is 64.3. The first-order valence-corrected chi connectivity index (χ1v) is 29.1. The molecule has 0 bridgehead atoms. The van der Waals surface area contributed by atoms with Crippen molar-refractivity contribution in [3.05, 3.63) is 131 Å². The Balaban J connectivity index is 0.000000180. The van der Waals surface area contributed by atoms with Gasteiger partial charge < -0.3 is 49.5 Å². The average Bonchev–Trinajstić information content (AvgIpc) is 4.30. The second-order valence-corrected chi connectivity index (χ2v) is 23.2. The predicted molar refractivity (Wildman–Crippen MR) is 312 cm³/mol. The molecule has 0 radical (unpaired) electrons. The number of rotatable bonds is 12. The first-order chi connectivity index (χ1) is 38.2. The number of hydrogen-bond acceptors (Lipinski definition) is 15.